The van der Waals surface area contributed by atoms with Gasteiger partial charge in [-0.25, -0.2) is 0 Å². The maximum atomic E-state index is 12.5. The van der Waals surface area contributed by atoms with E-state index in [0.717, 1.165) is 17.0 Å². The Morgan fingerprint density at radius 3 is 2.41 bits per heavy atom. The van der Waals surface area contributed by atoms with E-state index in [1.54, 1.807) is 4.90 Å². The number of likely N-dealkylation sites (tertiary alicyclic amines) is 1. The Hall–Kier alpha value is -3.30. The van der Waals surface area contributed by atoms with Crippen LogP contribution in [0.15, 0.2) is 18.2 Å². The summed E-state index contributed by atoms with van der Waals surface area (Å²) in [5.74, 6) is -1.84. The molecule has 0 unspecified atom stereocenters. The van der Waals surface area contributed by atoms with Crippen molar-refractivity contribution in [1.82, 2.24) is 15.1 Å². The molecule has 0 aromatic heterocycles. The Morgan fingerprint density at radius 1 is 1.19 bits per heavy atom. The molecule has 1 aromatic rings. The summed E-state index contributed by atoms with van der Waals surface area (Å²) >= 11 is 0. The largest absolute Gasteiger partial charge is 0.353 e. The number of piperidine rings is 1. The number of hydrogen-bond donors (Lipinski definition) is 1. The zero-order valence-electron chi connectivity index (χ0n) is 14.6. The molecule has 0 saturated carbocycles. The van der Waals surface area contributed by atoms with E-state index in [9.17, 15) is 29.3 Å². The van der Waals surface area contributed by atoms with Crippen LogP contribution in [0.5, 0.6) is 0 Å². The average molecular weight is 374 g/mol. The van der Waals surface area contributed by atoms with Crippen LogP contribution in [0.2, 0.25) is 0 Å². The molecule has 0 bridgehead atoms. The van der Waals surface area contributed by atoms with Crippen LogP contribution in [-0.4, -0.2) is 64.0 Å². The van der Waals surface area contributed by atoms with Gasteiger partial charge in [-0.1, -0.05) is 0 Å². The molecule has 1 fully saturated rings. The molecule has 10 nitrogen and oxygen atoms in total. The number of imide groups is 1. The summed E-state index contributed by atoms with van der Waals surface area (Å²) in [6.45, 7) is 1.85. The molecular weight excluding hydrogens is 356 g/mol. The first kappa shape index (κ1) is 18.5. The second kappa shape index (κ2) is 7.14. The Balaban J connectivity index is 1.65. The molecule has 0 aliphatic carbocycles. The normalized spacial score (nSPS) is 17.1. The molecule has 27 heavy (non-hydrogen) atoms. The predicted molar refractivity (Wildman–Crippen MR) is 91.9 cm³/mol. The average Bonchev–Trinajstić information content (AvgIpc) is 2.86. The van der Waals surface area contributed by atoms with E-state index < -0.39 is 23.3 Å². The molecule has 3 rings (SSSR count). The Labute approximate surface area is 154 Å². The van der Waals surface area contributed by atoms with Crippen molar-refractivity contribution in [2.75, 3.05) is 19.6 Å². The number of fused-ring (bicyclic) bond motifs is 1. The topological polar surface area (TPSA) is 130 Å². The molecule has 2 heterocycles. The van der Waals surface area contributed by atoms with Gasteiger partial charge in [0.25, 0.3) is 17.5 Å². The van der Waals surface area contributed by atoms with E-state index >= 15 is 0 Å². The monoisotopic (exact) mass is 374 g/mol. The second-order valence-electron chi connectivity index (χ2n) is 6.54. The van der Waals surface area contributed by atoms with Gasteiger partial charge < -0.3 is 10.2 Å². The fourth-order valence-electron chi connectivity index (χ4n) is 3.33. The predicted octanol–water partition coefficient (Wildman–Crippen LogP) is 0.318. The zero-order chi connectivity index (χ0) is 19.7. The van der Waals surface area contributed by atoms with Gasteiger partial charge >= 0.3 is 0 Å². The summed E-state index contributed by atoms with van der Waals surface area (Å²) in [6.07, 6.45) is 1.19. The quantitative estimate of drug-likeness (QED) is 0.459. The molecule has 1 aromatic carbocycles. The van der Waals surface area contributed by atoms with E-state index in [-0.39, 0.29) is 34.7 Å². The Morgan fingerprint density at radius 2 is 1.81 bits per heavy atom. The molecule has 1 saturated heterocycles. The fraction of sp³-hybridized carbons (Fsp3) is 0.412. The number of carbonyl (C=O) groups excluding carboxylic acids is 4. The van der Waals surface area contributed by atoms with Crippen molar-refractivity contribution in [3.05, 3.63) is 39.4 Å². The fourth-order valence-corrected chi connectivity index (χ4v) is 3.33. The van der Waals surface area contributed by atoms with Gasteiger partial charge in [0.2, 0.25) is 11.8 Å². The first-order valence-corrected chi connectivity index (χ1v) is 8.47. The molecule has 4 amide bonds. The molecule has 2 aliphatic rings. The highest BCUT2D eigenvalue weighted by Crippen LogP contribution is 2.27. The van der Waals surface area contributed by atoms with Crippen molar-refractivity contribution in [2.24, 2.45) is 0 Å². The molecule has 2 aliphatic heterocycles. The lowest BCUT2D eigenvalue weighted by Gasteiger charge is -2.33. The lowest BCUT2D eigenvalue weighted by atomic mass is 10.0. The highest BCUT2D eigenvalue weighted by atomic mass is 16.6. The SMILES string of the molecule is CC(=O)NC1CCN(C(=O)CN2C(=O)c3ccc([N+](=O)[O-])cc3C2=O)CC1. The van der Waals surface area contributed by atoms with Crippen LogP contribution in [0.25, 0.3) is 0 Å². The first-order chi connectivity index (χ1) is 12.8. The number of benzene rings is 1. The summed E-state index contributed by atoms with van der Waals surface area (Å²) in [5, 5.41) is 13.7. The van der Waals surface area contributed by atoms with E-state index in [1.807, 2.05) is 0 Å². The van der Waals surface area contributed by atoms with Crippen LogP contribution in [0, 0.1) is 10.1 Å². The summed E-state index contributed by atoms with van der Waals surface area (Å²) in [4.78, 5) is 61.0. The van der Waals surface area contributed by atoms with Gasteiger partial charge in [0.15, 0.2) is 0 Å². The lowest BCUT2D eigenvalue weighted by Crippen LogP contribution is -2.49. The number of rotatable bonds is 4. The van der Waals surface area contributed by atoms with Crippen LogP contribution < -0.4 is 5.32 Å². The highest BCUT2D eigenvalue weighted by molar-refractivity contribution is 6.22. The van der Waals surface area contributed by atoms with Crippen molar-refractivity contribution in [3.63, 3.8) is 0 Å². The maximum Gasteiger partial charge on any atom is 0.270 e. The third-order valence-corrected chi connectivity index (χ3v) is 4.71. The number of carbonyl (C=O) groups is 4. The number of nitro benzene ring substituents is 1. The minimum Gasteiger partial charge on any atom is -0.353 e. The van der Waals surface area contributed by atoms with Gasteiger partial charge in [0.05, 0.1) is 16.1 Å². The van der Waals surface area contributed by atoms with Gasteiger partial charge in [-0.05, 0) is 18.9 Å². The molecule has 10 heteroatoms. The van der Waals surface area contributed by atoms with Gasteiger partial charge in [-0.3, -0.25) is 34.2 Å². The van der Waals surface area contributed by atoms with Crippen LogP contribution in [-0.2, 0) is 9.59 Å². The zero-order valence-corrected chi connectivity index (χ0v) is 14.6. The van der Waals surface area contributed by atoms with Crippen LogP contribution in [0.1, 0.15) is 40.5 Å². The number of non-ortho nitro benzene ring substituents is 1. The van der Waals surface area contributed by atoms with E-state index in [0.29, 0.717) is 25.9 Å². The third kappa shape index (κ3) is 3.64. The molecule has 142 valence electrons. The van der Waals surface area contributed by atoms with Crippen molar-refractivity contribution in [2.45, 2.75) is 25.8 Å². The lowest BCUT2D eigenvalue weighted by molar-refractivity contribution is -0.384. The van der Waals surface area contributed by atoms with Gasteiger partial charge in [0.1, 0.15) is 6.54 Å². The second-order valence-corrected chi connectivity index (χ2v) is 6.54. The minimum absolute atomic E-state index is 0.00593. The number of amides is 4. The standard InChI is InChI=1S/C17H18N4O6/c1-10(22)18-11-4-6-19(7-5-11)15(23)9-20-16(24)13-3-2-12(21(26)27)8-14(13)17(20)25/h2-3,8,11H,4-7,9H2,1H3,(H,18,22). The molecule has 0 atom stereocenters. The van der Waals surface area contributed by atoms with Crippen molar-refractivity contribution >= 4 is 29.3 Å². The number of nitro groups is 1. The summed E-state index contributed by atoms with van der Waals surface area (Å²) in [6, 6.07) is 3.45. The maximum absolute atomic E-state index is 12.5. The van der Waals surface area contributed by atoms with Gasteiger partial charge in [0, 0.05) is 38.2 Å². The number of nitrogens with one attached hydrogen (secondary N) is 1. The number of nitrogens with zero attached hydrogens (tertiary/aromatic N) is 3. The third-order valence-electron chi connectivity index (χ3n) is 4.71. The van der Waals surface area contributed by atoms with Crippen molar-refractivity contribution < 1.29 is 24.1 Å². The number of hydrogen-bond acceptors (Lipinski definition) is 6. The molecule has 1 N–H and O–H groups in total. The van der Waals surface area contributed by atoms with E-state index in [1.165, 1.54) is 13.0 Å². The van der Waals surface area contributed by atoms with Crippen LogP contribution in [0.3, 0.4) is 0 Å². The molecule has 0 spiro atoms. The molecular formula is C17H18N4O6. The van der Waals surface area contributed by atoms with E-state index in [2.05, 4.69) is 5.32 Å². The highest BCUT2D eigenvalue weighted by Gasteiger charge is 2.38. The van der Waals surface area contributed by atoms with Gasteiger partial charge in [-0.15, -0.1) is 0 Å². The summed E-state index contributed by atoms with van der Waals surface area (Å²) in [5.41, 5.74) is -0.294. The molecule has 0 radical (unpaired) electrons. The summed E-state index contributed by atoms with van der Waals surface area (Å²) < 4.78 is 0. The van der Waals surface area contributed by atoms with E-state index in [4.69, 9.17) is 0 Å². The van der Waals surface area contributed by atoms with Crippen molar-refractivity contribution in [3.8, 4) is 0 Å². The minimum atomic E-state index is -0.708. The van der Waals surface area contributed by atoms with Crippen molar-refractivity contribution in [1.29, 1.82) is 0 Å². The van der Waals surface area contributed by atoms with Gasteiger partial charge in [-0.2, -0.15) is 0 Å². The summed E-state index contributed by atoms with van der Waals surface area (Å²) in [7, 11) is 0. The first-order valence-electron chi connectivity index (χ1n) is 8.47. The van der Waals surface area contributed by atoms with Crippen LogP contribution in [0.4, 0.5) is 5.69 Å². The Kier molecular flexibility index (Phi) is 4.89. The smallest absolute Gasteiger partial charge is 0.270 e. The Bertz CT molecular complexity index is 844. The van der Waals surface area contributed by atoms with Crippen LogP contribution >= 0.6 is 0 Å².